The molecule has 1 aromatic carbocycles. The van der Waals surface area contributed by atoms with E-state index in [1.165, 1.54) is 13.4 Å². The van der Waals surface area contributed by atoms with Gasteiger partial charge < -0.3 is 9.15 Å². The van der Waals surface area contributed by atoms with Crippen LogP contribution in [-0.2, 0) is 0 Å². The first-order chi connectivity index (χ1) is 9.58. The zero-order chi connectivity index (χ0) is 14.7. The van der Waals surface area contributed by atoms with Crippen molar-refractivity contribution in [1.29, 1.82) is 5.26 Å². The second-order valence-electron chi connectivity index (χ2n) is 4.60. The number of hydrogen-bond acceptors (Lipinski definition) is 4. The normalized spacial score (nSPS) is 11.7. The second kappa shape index (κ2) is 5.62. The lowest BCUT2D eigenvalue weighted by Crippen LogP contribution is -2.13. The minimum Gasteiger partial charge on any atom is -0.496 e. The molecule has 1 aromatic heterocycles. The Morgan fingerprint density at radius 3 is 2.65 bits per heavy atom. The van der Waals surface area contributed by atoms with E-state index in [1.807, 2.05) is 19.1 Å². The molecule has 1 unspecified atom stereocenters. The molecular weight excluding hydrogens is 254 g/mol. The fraction of sp³-hybridized carbons (Fsp3) is 0.250. The predicted octanol–water partition coefficient (Wildman–Crippen LogP) is 3.40. The van der Waals surface area contributed by atoms with Gasteiger partial charge in [-0.1, -0.05) is 17.7 Å². The van der Waals surface area contributed by atoms with Gasteiger partial charge in [0.25, 0.3) is 0 Å². The Labute approximate surface area is 117 Å². The molecule has 2 aromatic rings. The number of rotatable bonds is 4. The van der Waals surface area contributed by atoms with Crippen molar-refractivity contribution in [2.24, 2.45) is 0 Å². The first kappa shape index (κ1) is 13.9. The van der Waals surface area contributed by atoms with Crippen LogP contribution >= 0.6 is 0 Å². The van der Waals surface area contributed by atoms with Crippen molar-refractivity contribution in [2.75, 3.05) is 7.11 Å². The van der Waals surface area contributed by atoms with Crippen molar-refractivity contribution in [2.45, 2.75) is 19.8 Å². The molecule has 0 amide bonds. The van der Waals surface area contributed by atoms with Crippen molar-refractivity contribution >= 4 is 5.78 Å². The summed E-state index contributed by atoms with van der Waals surface area (Å²) in [5, 5.41) is 9.38. The van der Waals surface area contributed by atoms with E-state index in [9.17, 15) is 10.1 Å². The number of ketones is 1. The third-order valence-electron chi connectivity index (χ3n) is 3.17. The maximum absolute atomic E-state index is 12.5. The average Bonchev–Trinajstić information content (AvgIpc) is 2.86. The van der Waals surface area contributed by atoms with E-state index in [4.69, 9.17) is 9.15 Å². The summed E-state index contributed by atoms with van der Waals surface area (Å²) in [5.74, 6) is -0.534. The number of furan rings is 1. The Bertz CT molecular complexity index is 679. The highest BCUT2D eigenvalue weighted by Gasteiger charge is 2.28. The number of ether oxygens (including phenoxy) is 1. The lowest BCUT2D eigenvalue weighted by atomic mass is 9.92. The quantitative estimate of drug-likeness (QED) is 0.798. The van der Waals surface area contributed by atoms with Crippen LogP contribution in [0.4, 0.5) is 0 Å². The summed E-state index contributed by atoms with van der Waals surface area (Å²) in [6, 6.07) is 9.18. The Hall–Kier alpha value is -2.54. The minimum atomic E-state index is -0.935. The molecule has 0 aliphatic heterocycles. The van der Waals surface area contributed by atoms with Gasteiger partial charge in [0.15, 0.2) is 5.76 Å². The van der Waals surface area contributed by atoms with E-state index in [1.54, 1.807) is 25.1 Å². The first-order valence-corrected chi connectivity index (χ1v) is 6.21. The van der Waals surface area contributed by atoms with Crippen molar-refractivity contribution < 1.29 is 13.9 Å². The summed E-state index contributed by atoms with van der Waals surface area (Å²) >= 11 is 0. The average molecular weight is 269 g/mol. The first-order valence-electron chi connectivity index (χ1n) is 6.21. The van der Waals surface area contributed by atoms with Crippen LogP contribution in [0.2, 0.25) is 0 Å². The molecule has 1 heterocycles. The lowest BCUT2D eigenvalue weighted by Gasteiger charge is -2.13. The fourth-order valence-corrected chi connectivity index (χ4v) is 2.11. The molecule has 0 bridgehead atoms. The van der Waals surface area contributed by atoms with Crippen LogP contribution in [0, 0.1) is 25.2 Å². The van der Waals surface area contributed by atoms with Crippen molar-refractivity contribution in [3.8, 4) is 11.8 Å². The Morgan fingerprint density at radius 2 is 2.10 bits per heavy atom. The van der Waals surface area contributed by atoms with Crippen LogP contribution in [0.3, 0.4) is 0 Å². The lowest BCUT2D eigenvalue weighted by molar-refractivity contribution is 0.0950. The second-order valence-corrected chi connectivity index (χ2v) is 4.60. The topological polar surface area (TPSA) is 63.2 Å². The van der Waals surface area contributed by atoms with Crippen LogP contribution in [-0.4, -0.2) is 12.9 Å². The molecule has 0 saturated carbocycles. The van der Waals surface area contributed by atoms with Crippen LogP contribution in [0.25, 0.3) is 0 Å². The summed E-state index contributed by atoms with van der Waals surface area (Å²) < 4.78 is 10.4. The molecular formula is C16H15NO3. The Balaban J connectivity index is 2.49. The zero-order valence-corrected chi connectivity index (χ0v) is 11.6. The molecule has 0 aliphatic carbocycles. The summed E-state index contributed by atoms with van der Waals surface area (Å²) in [5.41, 5.74) is 2.25. The summed E-state index contributed by atoms with van der Waals surface area (Å²) in [6.07, 6.45) is 1.45. The number of hydrogen-bond donors (Lipinski definition) is 0. The summed E-state index contributed by atoms with van der Waals surface area (Å²) in [6.45, 7) is 3.68. The number of Topliss-reactive ketones (excluding diaryl/α,β-unsaturated/α-hetero) is 1. The fourth-order valence-electron chi connectivity index (χ4n) is 2.11. The largest absolute Gasteiger partial charge is 0.496 e. The van der Waals surface area contributed by atoms with Gasteiger partial charge in [0.2, 0.25) is 5.78 Å². The molecule has 0 fully saturated rings. The smallest absolute Gasteiger partial charge is 0.219 e. The van der Waals surface area contributed by atoms with E-state index >= 15 is 0 Å². The van der Waals surface area contributed by atoms with E-state index < -0.39 is 5.92 Å². The number of aryl methyl sites for hydroxylation is 2. The maximum Gasteiger partial charge on any atom is 0.219 e. The maximum atomic E-state index is 12.5. The predicted molar refractivity (Wildman–Crippen MR) is 73.9 cm³/mol. The van der Waals surface area contributed by atoms with Gasteiger partial charge in [0.05, 0.1) is 19.4 Å². The van der Waals surface area contributed by atoms with Gasteiger partial charge in [0, 0.05) is 5.56 Å². The zero-order valence-electron chi connectivity index (χ0n) is 11.6. The molecule has 102 valence electrons. The molecule has 0 radical (unpaired) electrons. The molecule has 20 heavy (non-hydrogen) atoms. The molecule has 0 saturated heterocycles. The van der Waals surface area contributed by atoms with E-state index in [-0.39, 0.29) is 11.5 Å². The standard InChI is InChI=1S/C16H15NO3/c1-10-4-5-14(19-3)12(8-10)13(9-17)15(18)16-11(2)6-7-20-16/h4-8,13H,1-3H3. The highest BCUT2D eigenvalue weighted by molar-refractivity contribution is 6.02. The van der Waals surface area contributed by atoms with E-state index in [0.29, 0.717) is 11.3 Å². The molecule has 0 N–H and O–H groups in total. The third kappa shape index (κ3) is 2.43. The van der Waals surface area contributed by atoms with Gasteiger partial charge in [0.1, 0.15) is 11.7 Å². The SMILES string of the molecule is COc1ccc(C)cc1C(C#N)C(=O)c1occc1C. The molecule has 1 atom stereocenters. The summed E-state index contributed by atoms with van der Waals surface area (Å²) in [7, 11) is 1.52. The number of nitriles is 1. The molecule has 4 heteroatoms. The van der Waals surface area contributed by atoms with E-state index in [2.05, 4.69) is 0 Å². The summed E-state index contributed by atoms with van der Waals surface area (Å²) in [4.78, 5) is 12.5. The van der Waals surface area contributed by atoms with Crippen molar-refractivity contribution in [3.05, 3.63) is 53.0 Å². The minimum absolute atomic E-state index is 0.222. The number of benzene rings is 1. The van der Waals surface area contributed by atoms with Crippen LogP contribution in [0.5, 0.6) is 5.75 Å². The molecule has 0 aliphatic rings. The molecule has 2 rings (SSSR count). The van der Waals surface area contributed by atoms with E-state index in [0.717, 1.165) is 11.1 Å². The number of methoxy groups -OCH3 is 1. The Kier molecular flexibility index (Phi) is 3.90. The van der Waals surface area contributed by atoms with Crippen LogP contribution in [0.15, 0.2) is 34.9 Å². The van der Waals surface area contributed by atoms with Gasteiger partial charge in [-0.15, -0.1) is 0 Å². The number of carbonyl (C=O) groups excluding carboxylic acids is 1. The highest BCUT2D eigenvalue weighted by atomic mass is 16.5. The number of carbonyl (C=O) groups is 1. The van der Waals surface area contributed by atoms with Crippen LogP contribution < -0.4 is 4.74 Å². The van der Waals surface area contributed by atoms with Gasteiger partial charge in [-0.2, -0.15) is 5.26 Å². The van der Waals surface area contributed by atoms with Gasteiger partial charge in [-0.05, 0) is 31.5 Å². The van der Waals surface area contributed by atoms with Crippen LogP contribution in [0.1, 0.15) is 33.2 Å². The third-order valence-corrected chi connectivity index (χ3v) is 3.17. The number of nitrogens with zero attached hydrogens (tertiary/aromatic N) is 1. The van der Waals surface area contributed by atoms with Crippen molar-refractivity contribution in [1.82, 2.24) is 0 Å². The van der Waals surface area contributed by atoms with Gasteiger partial charge >= 0.3 is 0 Å². The Morgan fingerprint density at radius 1 is 1.35 bits per heavy atom. The monoisotopic (exact) mass is 269 g/mol. The molecule has 0 spiro atoms. The van der Waals surface area contributed by atoms with Gasteiger partial charge in [-0.3, -0.25) is 4.79 Å². The van der Waals surface area contributed by atoms with Gasteiger partial charge in [-0.25, -0.2) is 0 Å². The highest BCUT2D eigenvalue weighted by Crippen LogP contribution is 2.30. The molecule has 4 nitrogen and oxygen atoms in total. The van der Waals surface area contributed by atoms with Crippen molar-refractivity contribution in [3.63, 3.8) is 0 Å².